The van der Waals surface area contributed by atoms with E-state index in [1.54, 1.807) is 12.1 Å². The van der Waals surface area contributed by atoms with Gasteiger partial charge >= 0.3 is 0 Å². The van der Waals surface area contributed by atoms with Crippen molar-refractivity contribution in [1.82, 2.24) is 0 Å². The second-order valence-electron chi connectivity index (χ2n) is 16.3. The van der Waals surface area contributed by atoms with Gasteiger partial charge in [0.1, 0.15) is 0 Å². The lowest BCUT2D eigenvalue weighted by Crippen LogP contribution is -2.18. The maximum atomic E-state index is 16.0. The molecule has 0 atom stereocenters. The van der Waals surface area contributed by atoms with Gasteiger partial charge in [0.05, 0.1) is 5.69 Å². The Hall–Kier alpha value is -2.43. The molecule has 0 radical (unpaired) electrons. The molecule has 0 spiro atoms. The zero-order valence-corrected chi connectivity index (χ0v) is 34.9. The van der Waals surface area contributed by atoms with Crippen LogP contribution in [-0.4, -0.2) is 11.8 Å². The molecule has 0 fully saturated rings. The highest BCUT2D eigenvalue weighted by molar-refractivity contribution is 5.98. The van der Waals surface area contributed by atoms with Crippen LogP contribution >= 0.6 is 0 Å². The van der Waals surface area contributed by atoms with Crippen molar-refractivity contribution in [3.8, 4) is 0 Å². The summed E-state index contributed by atoms with van der Waals surface area (Å²) >= 11 is 0. The largest absolute Gasteiger partial charge is 0.326 e. The molecule has 53 heavy (non-hydrogen) atoms. The van der Waals surface area contributed by atoms with Crippen LogP contribution in [0.5, 0.6) is 0 Å². The lowest BCUT2D eigenvalue weighted by Gasteiger charge is -2.18. The molecule has 0 aliphatic carbocycles. The number of fused-ring (bicyclic) bond motifs is 1. The molecule has 0 saturated carbocycles. The van der Waals surface area contributed by atoms with Gasteiger partial charge < -0.3 is 10.6 Å². The standard InChI is InChI=1S/C48H81FN2O2/c1-5-9-13-17-21-25-29-40(30-26-22-18-14-10-6-2)37-46(52)50-43-35-33-42-34-36-45(48(49)44(42)39-43)51-47(53)38-41(31-27-23-19-15-11-7-3)32-28-24-20-16-12-8-4/h33-36,39-41H,5-32,37-38H2,1-4H3,(H,50,52)(H,51,53). The summed E-state index contributed by atoms with van der Waals surface area (Å²) in [6.45, 7) is 8.99. The van der Waals surface area contributed by atoms with Gasteiger partial charge in [-0.05, 0) is 61.1 Å². The number of carbonyl (C=O) groups excluding carboxylic acids is 2. The molecule has 0 unspecified atom stereocenters. The fraction of sp³-hybridized carbons (Fsp3) is 0.750. The van der Waals surface area contributed by atoms with E-state index in [9.17, 15) is 9.59 Å². The Balaban J connectivity index is 2.01. The predicted molar refractivity (Wildman–Crippen MR) is 229 cm³/mol. The first kappa shape index (κ1) is 46.7. The minimum absolute atomic E-state index is 0.0120. The predicted octanol–water partition coefficient (Wildman–Crippen LogP) is 15.9. The molecule has 0 bridgehead atoms. The normalized spacial score (nSPS) is 11.6. The molecule has 0 heterocycles. The summed E-state index contributed by atoms with van der Waals surface area (Å²) in [5, 5.41) is 7.20. The fourth-order valence-electron chi connectivity index (χ4n) is 7.95. The molecule has 5 heteroatoms. The van der Waals surface area contributed by atoms with Gasteiger partial charge in [0.25, 0.3) is 0 Å². The molecule has 302 valence electrons. The lowest BCUT2D eigenvalue weighted by molar-refractivity contribution is -0.118. The SMILES string of the molecule is CCCCCCCCC(CCCCCCCC)CC(=O)Nc1ccc2ccc(NC(=O)CC(CCCCCCCC)CCCCCCCC)c(F)c2c1. The number of nitrogens with one attached hydrogen (secondary N) is 2. The van der Waals surface area contributed by atoms with E-state index in [0.29, 0.717) is 35.8 Å². The van der Waals surface area contributed by atoms with E-state index >= 15 is 4.39 Å². The fourth-order valence-corrected chi connectivity index (χ4v) is 7.95. The third-order valence-corrected chi connectivity index (χ3v) is 11.3. The Morgan fingerprint density at radius 3 is 1.26 bits per heavy atom. The van der Waals surface area contributed by atoms with E-state index in [0.717, 1.165) is 43.9 Å². The van der Waals surface area contributed by atoms with Crippen molar-refractivity contribution in [2.45, 2.75) is 220 Å². The Morgan fingerprint density at radius 2 is 0.849 bits per heavy atom. The smallest absolute Gasteiger partial charge is 0.224 e. The molecular formula is C48H81FN2O2. The van der Waals surface area contributed by atoms with E-state index < -0.39 is 5.82 Å². The maximum Gasteiger partial charge on any atom is 0.224 e. The first-order valence-electron chi connectivity index (χ1n) is 22.7. The lowest BCUT2D eigenvalue weighted by atomic mass is 9.91. The van der Waals surface area contributed by atoms with Crippen molar-refractivity contribution in [2.75, 3.05) is 10.6 Å². The van der Waals surface area contributed by atoms with Gasteiger partial charge in [-0.3, -0.25) is 9.59 Å². The highest BCUT2D eigenvalue weighted by atomic mass is 19.1. The minimum Gasteiger partial charge on any atom is -0.326 e. The van der Waals surface area contributed by atoms with Crippen LogP contribution in [0.3, 0.4) is 0 Å². The topological polar surface area (TPSA) is 58.2 Å². The van der Waals surface area contributed by atoms with Gasteiger partial charge in [-0.25, -0.2) is 4.39 Å². The van der Waals surface area contributed by atoms with Gasteiger partial charge in [-0.15, -0.1) is 0 Å². The number of anilines is 2. The molecule has 2 aromatic carbocycles. The molecule has 0 aliphatic rings. The molecule has 2 amide bonds. The Bertz CT molecular complexity index is 1190. The number of hydrogen-bond acceptors (Lipinski definition) is 2. The van der Waals surface area contributed by atoms with E-state index in [-0.39, 0.29) is 17.5 Å². The van der Waals surface area contributed by atoms with Crippen LogP contribution in [0.4, 0.5) is 15.8 Å². The monoisotopic (exact) mass is 737 g/mol. The number of halogens is 1. The second kappa shape index (κ2) is 30.8. The molecule has 0 aromatic heterocycles. The summed E-state index contributed by atoms with van der Waals surface area (Å²) < 4.78 is 16.0. The van der Waals surface area contributed by atoms with Gasteiger partial charge in [-0.2, -0.15) is 0 Å². The first-order chi connectivity index (χ1) is 25.9. The first-order valence-corrected chi connectivity index (χ1v) is 22.7. The number of unbranched alkanes of at least 4 members (excludes halogenated alkanes) is 20. The van der Waals surface area contributed by atoms with Crippen molar-refractivity contribution < 1.29 is 14.0 Å². The molecular weight excluding hydrogens is 656 g/mol. The van der Waals surface area contributed by atoms with Crippen LogP contribution in [0.2, 0.25) is 0 Å². The quantitative estimate of drug-likeness (QED) is 0.0703. The number of rotatable bonds is 34. The van der Waals surface area contributed by atoms with Crippen LogP contribution in [0.15, 0.2) is 30.3 Å². The zero-order valence-electron chi connectivity index (χ0n) is 34.9. The summed E-state index contributed by atoms with van der Waals surface area (Å²) in [6, 6.07) is 9.00. The highest BCUT2D eigenvalue weighted by Gasteiger charge is 2.18. The van der Waals surface area contributed by atoms with Crippen molar-refractivity contribution >= 4 is 34.0 Å². The average Bonchev–Trinajstić information content (AvgIpc) is 3.15. The highest BCUT2D eigenvalue weighted by Crippen LogP contribution is 2.30. The third-order valence-electron chi connectivity index (χ3n) is 11.3. The maximum absolute atomic E-state index is 16.0. The van der Waals surface area contributed by atoms with Crippen LogP contribution in [0.25, 0.3) is 10.8 Å². The van der Waals surface area contributed by atoms with E-state index in [4.69, 9.17) is 0 Å². The van der Waals surface area contributed by atoms with Crippen molar-refractivity contribution in [2.24, 2.45) is 11.8 Å². The van der Waals surface area contributed by atoms with E-state index in [1.165, 1.54) is 141 Å². The van der Waals surface area contributed by atoms with Crippen LogP contribution < -0.4 is 10.6 Å². The third kappa shape index (κ3) is 21.9. The number of amides is 2. The van der Waals surface area contributed by atoms with Crippen LogP contribution in [-0.2, 0) is 9.59 Å². The summed E-state index contributed by atoms with van der Waals surface area (Å²) in [5.74, 6) is 0.203. The Morgan fingerprint density at radius 1 is 0.491 bits per heavy atom. The molecule has 0 aliphatic heterocycles. The van der Waals surface area contributed by atoms with Gasteiger partial charge in [0.15, 0.2) is 5.82 Å². The second-order valence-corrected chi connectivity index (χ2v) is 16.3. The van der Waals surface area contributed by atoms with E-state index in [1.807, 2.05) is 18.2 Å². The molecule has 0 saturated heterocycles. The van der Waals surface area contributed by atoms with Crippen LogP contribution in [0.1, 0.15) is 220 Å². The number of benzene rings is 2. The van der Waals surface area contributed by atoms with Gasteiger partial charge in [0, 0.05) is 23.9 Å². The zero-order chi connectivity index (χ0) is 38.4. The summed E-state index contributed by atoms with van der Waals surface area (Å²) in [4.78, 5) is 26.6. The molecule has 2 N–H and O–H groups in total. The Kier molecular flexibility index (Phi) is 27.2. The van der Waals surface area contributed by atoms with Crippen LogP contribution in [0, 0.1) is 17.7 Å². The van der Waals surface area contributed by atoms with Gasteiger partial charge in [-0.1, -0.05) is 194 Å². The summed E-state index contributed by atoms with van der Waals surface area (Å²) in [7, 11) is 0. The van der Waals surface area contributed by atoms with Crippen molar-refractivity contribution in [3.05, 3.63) is 36.1 Å². The molecule has 2 rings (SSSR count). The van der Waals surface area contributed by atoms with Crippen molar-refractivity contribution in [3.63, 3.8) is 0 Å². The molecule has 4 nitrogen and oxygen atoms in total. The summed E-state index contributed by atoms with van der Waals surface area (Å²) in [5.41, 5.74) is 0.836. The minimum atomic E-state index is -0.431. The number of hydrogen-bond donors (Lipinski definition) is 2. The van der Waals surface area contributed by atoms with Gasteiger partial charge in [0.2, 0.25) is 11.8 Å². The molecule has 2 aromatic rings. The average molecular weight is 737 g/mol. The number of carbonyl (C=O) groups is 2. The van der Waals surface area contributed by atoms with E-state index in [2.05, 4.69) is 38.3 Å². The Labute approximate surface area is 326 Å². The van der Waals surface area contributed by atoms with Crippen molar-refractivity contribution in [1.29, 1.82) is 0 Å². The summed E-state index contributed by atoms with van der Waals surface area (Å²) in [6.07, 6.45) is 35.5.